The zero-order chi connectivity index (χ0) is 30.7. The molecule has 0 radical (unpaired) electrons. The number of aliphatic hydroxyl groups is 1. The van der Waals surface area contributed by atoms with Gasteiger partial charge in [-0.1, -0.05) is 72.4 Å². The number of benzene rings is 2. The SMILES string of the molecule is COc1nc(-c2cccc(-c3cccc(NC(=O)c4c(C)cnn(C)c4=O)c3Cl)c2Cl)ccc1CNC1CCCCC1O. The lowest BCUT2D eigenvalue weighted by Crippen LogP contribution is -2.41. The number of aliphatic hydroxyl groups excluding tert-OH is 1. The van der Waals surface area contributed by atoms with Gasteiger partial charge in [-0.2, -0.15) is 5.10 Å². The highest BCUT2D eigenvalue weighted by Crippen LogP contribution is 2.41. The molecule has 3 N–H and O–H groups in total. The van der Waals surface area contributed by atoms with E-state index in [0.717, 1.165) is 35.9 Å². The van der Waals surface area contributed by atoms with Gasteiger partial charge in [-0.05, 0) is 37.5 Å². The smallest absolute Gasteiger partial charge is 0.279 e. The Kier molecular flexibility index (Phi) is 9.46. The number of carbonyl (C=O) groups is 1. The molecule has 224 valence electrons. The van der Waals surface area contributed by atoms with E-state index in [1.807, 2.05) is 36.4 Å². The third-order valence-corrected chi connectivity index (χ3v) is 8.60. The molecule has 9 nitrogen and oxygen atoms in total. The van der Waals surface area contributed by atoms with E-state index in [9.17, 15) is 14.7 Å². The van der Waals surface area contributed by atoms with Crippen LogP contribution in [0.3, 0.4) is 0 Å². The topological polar surface area (TPSA) is 118 Å². The van der Waals surface area contributed by atoms with Gasteiger partial charge in [0.15, 0.2) is 0 Å². The van der Waals surface area contributed by atoms with Gasteiger partial charge in [0.05, 0.1) is 40.8 Å². The first-order valence-electron chi connectivity index (χ1n) is 14.1. The molecule has 43 heavy (non-hydrogen) atoms. The summed E-state index contributed by atoms with van der Waals surface area (Å²) in [7, 11) is 3.06. The van der Waals surface area contributed by atoms with Crippen LogP contribution in [-0.4, -0.2) is 45.0 Å². The zero-order valence-electron chi connectivity index (χ0n) is 24.2. The van der Waals surface area contributed by atoms with Crippen LogP contribution in [0.2, 0.25) is 10.0 Å². The van der Waals surface area contributed by atoms with Crippen LogP contribution in [0.1, 0.15) is 47.2 Å². The highest BCUT2D eigenvalue weighted by Gasteiger charge is 2.23. The van der Waals surface area contributed by atoms with Gasteiger partial charge in [-0.3, -0.25) is 9.59 Å². The molecule has 2 aromatic heterocycles. The fraction of sp³-hybridized carbons (Fsp3) is 0.312. The van der Waals surface area contributed by atoms with Crippen molar-refractivity contribution >= 4 is 34.8 Å². The first-order chi connectivity index (χ1) is 20.7. The lowest BCUT2D eigenvalue weighted by atomic mass is 9.92. The summed E-state index contributed by atoms with van der Waals surface area (Å²) >= 11 is 13.8. The van der Waals surface area contributed by atoms with Crippen molar-refractivity contribution in [2.24, 2.45) is 7.05 Å². The van der Waals surface area contributed by atoms with Crippen LogP contribution in [0.4, 0.5) is 5.69 Å². The Morgan fingerprint density at radius 2 is 1.74 bits per heavy atom. The molecule has 1 aliphatic carbocycles. The van der Waals surface area contributed by atoms with E-state index in [2.05, 4.69) is 15.7 Å². The van der Waals surface area contributed by atoms with E-state index in [0.29, 0.717) is 51.1 Å². The van der Waals surface area contributed by atoms with Crippen LogP contribution < -0.4 is 20.9 Å². The number of pyridine rings is 1. The van der Waals surface area contributed by atoms with Crippen LogP contribution >= 0.6 is 23.2 Å². The quantitative estimate of drug-likeness (QED) is 0.228. The number of hydrogen-bond donors (Lipinski definition) is 3. The van der Waals surface area contributed by atoms with Crippen molar-refractivity contribution in [3.05, 3.63) is 91.8 Å². The van der Waals surface area contributed by atoms with Crippen molar-refractivity contribution in [1.82, 2.24) is 20.1 Å². The van der Waals surface area contributed by atoms with Crippen molar-refractivity contribution in [2.45, 2.75) is 51.3 Å². The summed E-state index contributed by atoms with van der Waals surface area (Å²) in [6.45, 7) is 2.17. The van der Waals surface area contributed by atoms with Gasteiger partial charge in [-0.15, -0.1) is 0 Å². The molecule has 0 aliphatic heterocycles. The van der Waals surface area contributed by atoms with E-state index in [-0.39, 0.29) is 22.7 Å². The van der Waals surface area contributed by atoms with Gasteiger partial charge >= 0.3 is 0 Å². The van der Waals surface area contributed by atoms with Crippen LogP contribution in [0.5, 0.6) is 5.88 Å². The summed E-state index contributed by atoms with van der Waals surface area (Å²) in [5, 5.41) is 21.2. The highest BCUT2D eigenvalue weighted by atomic mass is 35.5. The molecule has 1 fully saturated rings. The predicted molar refractivity (Wildman–Crippen MR) is 169 cm³/mol. The van der Waals surface area contributed by atoms with E-state index in [4.69, 9.17) is 32.9 Å². The third kappa shape index (κ3) is 6.45. The second-order valence-corrected chi connectivity index (χ2v) is 11.4. The van der Waals surface area contributed by atoms with Crippen LogP contribution in [0, 0.1) is 6.92 Å². The number of nitrogens with zero attached hydrogens (tertiary/aromatic N) is 3. The van der Waals surface area contributed by atoms with Crippen LogP contribution in [0.25, 0.3) is 22.4 Å². The lowest BCUT2D eigenvalue weighted by Gasteiger charge is -2.28. The predicted octanol–water partition coefficient (Wildman–Crippen LogP) is 5.78. The van der Waals surface area contributed by atoms with E-state index >= 15 is 0 Å². The van der Waals surface area contributed by atoms with E-state index in [1.54, 1.807) is 26.2 Å². The largest absolute Gasteiger partial charge is 0.481 e. The van der Waals surface area contributed by atoms with Crippen LogP contribution in [-0.2, 0) is 13.6 Å². The Balaban J connectivity index is 1.42. The van der Waals surface area contributed by atoms with Gasteiger partial charge in [0.1, 0.15) is 5.56 Å². The minimum Gasteiger partial charge on any atom is -0.481 e. The Morgan fingerprint density at radius 3 is 2.49 bits per heavy atom. The number of aromatic nitrogens is 3. The molecule has 5 rings (SSSR count). The molecular formula is C32H33Cl2N5O4. The summed E-state index contributed by atoms with van der Waals surface area (Å²) in [6.07, 6.45) is 5.01. The number of methoxy groups -OCH3 is 1. The minimum absolute atomic E-state index is 0.00686. The maximum atomic E-state index is 13.1. The summed E-state index contributed by atoms with van der Waals surface area (Å²) in [4.78, 5) is 30.4. The number of hydrogen-bond acceptors (Lipinski definition) is 7. The van der Waals surface area contributed by atoms with E-state index in [1.165, 1.54) is 13.2 Å². The van der Waals surface area contributed by atoms with Crippen molar-refractivity contribution in [2.75, 3.05) is 12.4 Å². The fourth-order valence-electron chi connectivity index (χ4n) is 5.38. The number of halogens is 2. The van der Waals surface area contributed by atoms with Crippen molar-refractivity contribution in [1.29, 1.82) is 0 Å². The zero-order valence-corrected chi connectivity index (χ0v) is 25.7. The Bertz CT molecular complexity index is 1720. The summed E-state index contributed by atoms with van der Waals surface area (Å²) in [5.41, 5.74) is 3.71. The van der Waals surface area contributed by atoms with Crippen molar-refractivity contribution in [3.8, 4) is 28.3 Å². The Morgan fingerprint density at radius 1 is 1.05 bits per heavy atom. The van der Waals surface area contributed by atoms with Gasteiger partial charge in [-0.25, -0.2) is 9.67 Å². The Hall–Kier alpha value is -3.76. The molecule has 0 spiro atoms. The number of nitrogens with one attached hydrogen (secondary N) is 2. The van der Waals surface area contributed by atoms with Crippen molar-refractivity contribution in [3.63, 3.8) is 0 Å². The minimum atomic E-state index is -0.580. The monoisotopic (exact) mass is 621 g/mol. The molecule has 1 aliphatic rings. The molecule has 1 amide bonds. The molecule has 0 saturated heterocycles. The molecule has 4 aromatic rings. The van der Waals surface area contributed by atoms with Gasteiger partial charge in [0, 0.05) is 41.9 Å². The summed E-state index contributed by atoms with van der Waals surface area (Å²) in [6, 6.07) is 14.7. The van der Waals surface area contributed by atoms with Crippen molar-refractivity contribution < 1.29 is 14.6 Å². The summed E-state index contributed by atoms with van der Waals surface area (Å²) in [5.74, 6) is -0.111. The highest BCUT2D eigenvalue weighted by molar-refractivity contribution is 6.39. The third-order valence-electron chi connectivity index (χ3n) is 7.78. The number of amides is 1. The standard InChI is InChI=1S/C32H33Cl2N5O4/c1-18-16-36-39(2)32(42)27(18)30(41)37-25-12-7-9-21(29(25)34)20-8-6-10-22(28(20)33)23-15-14-19(31(38-23)43-3)17-35-24-11-4-5-13-26(24)40/h6-10,12,14-16,24,26,35,40H,4-5,11,13,17H2,1-3H3,(H,37,41). The molecular weight excluding hydrogens is 589 g/mol. The molecule has 2 unspecified atom stereocenters. The lowest BCUT2D eigenvalue weighted by molar-refractivity contribution is 0.0901. The first-order valence-corrected chi connectivity index (χ1v) is 14.8. The first kappa shape index (κ1) is 30.7. The van der Waals surface area contributed by atoms with E-state index < -0.39 is 11.5 Å². The van der Waals surface area contributed by atoms with Gasteiger partial charge in [0.2, 0.25) is 5.88 Å². The Labute approximate surface area is 259 Å². The number of rotatable bonds is 8. The number of carbonyl (C=O) groups excluding carboxylic acids is 1. The molecule has 2 aromatic carbocycles. The maximum Gasteiger partial charge on any atom is 0.279 e. The normalized spacial score (nSPS) is 16.6. The average molecular weight is 623 g/mol. The molecule has 0 bridgehead atoms. The van der Waals surface area contributed by atoms with Gasteiger partial charge < -0.3 is 20.5 Å². The number of ether oxygens (including phenoxy) is 1. The summed E-state index contributed by atoms with van der Waals surface area (Å²) < 4.78 is 6.73. The average Bonchev–Trinajstić information content (AvgIpc) is 3.00. The molecule has 2 heterocycles. The van der Waals surface area contributed by atoms with Gasteiger partial charge in [0.25, 0.3) is 11.5 Å². The number of aryl methyl sites for hydroxylation is 2. The fourth-order valence-corrected chi connectivity index (χ4v) is 5.98. The molecule has 2 atom stereocenters. The molecule has 11 heteroatoms. The second kappa shape index (κ2) is 13.3. The second-order valence-electron chi connectivity index (χ2n) is 10.6. The maximum absolute atomic E-state index is 13.1. The number of anilines is 1. The molecule has 1 saturated carbocycles. The van der Waals surface area contributed by atoms with Crippen LogP contribution in [0.15, 0.2) is 59.5 Å².